The van der Waals surface area contributed by atoms with Crippen molar-refractivity contribution < 1.29 is 23.8 Å². The Bertz CT molecular complexity index is 1230. The molecule has 1 N–H and O–H groups in total. The van der Waals surface area contributed by atoms with Gasteiger partial charge in [0.15, 0.2) is 16.9 Å². The van der Waals surface area contributed by atoms with Crippen molar-refractivity contribution in [1.82, 2.24) is 4.90 Å². The van der Waals surface area contributed by atoms with E-state index < -0.39 is 6.04 Å². The number of amides is 1. The molecule has 4 rings (SSSR count). The standard InChI is InChI=1S/C24H25NO6/c1-13-10-14(2)22-16(11-13)21(27)19-20(15-6-7-17(26)18(12-15)30-4)25(8-5-9-29-3)24(28)23(19)31-22/h6-7,10-12,20,26H,5,8-9H2,1-4H3/t20-/m0/s1. The van der Waals surface area contributed by atoms with Gasteiger partial charge in [0.25, 0.3) is 5.91 Å². The van der Waals surface area contributed by atoms with Crippen LogP contribution >= 0.6 is 0 Å². The van der Waals surface area contributed by atoms with Gasteiger partial charge in [-0.1, -0.05) is 12.1 Å². The molecule has 0 aliphatic carbocycles. The van der Waals surface area contributed by atoms with Gasteiger partial charge in [-0.3, -0.25) is 9.59 Å². The maximum atomic E-state index is 13.6. The summed E-state index contributed by atoms with van der Waals surface area (Å²) in [5.41, 5.74) is 2.94. The van der Waals surface area contributed by atoms with E-state index in [9.17, 15) is 14.7 Å². The van der Waals surface area contributed by atoms with Crippen LogP contribution in [0.15, 0.2) is 39.5 Å². The van der Waals surface area contributed by atoms with Crippen LogP contribution in [0, 0.1) is 13.8 Å². The zero-order chi connectivity index (χ0) is 22.3. The van der Waals surface area contributed by atoms with Crippen LogP contribution in [0.4, 0.5) is 0 Å². The fourth-order valence-electron chi connectivity index (χ4n) is 4.30. The summed E-state index contributed by atoms with van der Waals surface area (Å²) in [6.45, 7) is 4.65. The zero-order valence-electron chi connectivity index (χ0n) is 18.0. The molecule has 7 nitrogen and oxygen atoms in total. The summed E-state index contributed by atoms with van der Waals surface area (Å²) in [7, 11) is 3.06. The molecule has 1 aliphatic rings. The van der Waals surface area contributed by atoms with Gasteiger partial charge in [-0.2, -0.15) is 0 Å². The van der Waals surface area contributed by atoms with Gasteiger partial charge in [0, 0.05) is 20.3 Å². The molecule has 0 saturated heterocycles. The molecule has 3 aromatic rings. The van der Waals surface area contributed by atoms with E-state index in [1.54, 1.807) is 30.2 Å². The predicted molar refractivity (Wildman–Crippen MR) is 116 cm³/mol. The van der Waals surface area contributed by atoms with Crippen molar-refractivity contribution in [3.8, 4) is 11.5 Å². The molecule has 31 heavy (non-hydrogen) atoms. The summed E-state index contributed by atoms with van der Waals surface area (Å²) in [6.07, 6.45) is 0.605. The van der Waals surface area contributed by atoms with Crippen LogP contribution in [-0.4, -0.2) is 43.3 Å². The number of fused-ring (bicyclic) bond motifs is 2. The summed E-state index contributed by atoms with van der Waals surface area (Å²) >= 11 is 0. The topological polar surface area (TPSA) is 89.2 Å². The minimum Gasteiger partial charge on any atom is -0.504 e. The van der Waals surface area contributed by atoms with Crippen LogP contribution in [0.5, 0.6) is 11.5 Å². The molecule has 1 amide bonds. The van der Waals surface area contributed by atoms with Gasteiger partial charge in [-0.05, 0) is 55.2 Å². The number of methoxy groups -OCH3 is 2. The second kappa shape index (κ2) is 8.07. The number of rotatable bonds is 6. The molecule has 2 heterocycles. The molecular formula is C24H25NO6. The summed E-state index contributed by atoms with van der Waals surface area (Å²) in [5, 5.41) is 10.5. The first-order valence-electron chi connectivity index (χ1n) is 10.1. The average Bonchev–Trinajstić information content (AvgIpc) is 3.02. The second-order valence-electron chi connectivity index (χ2n) is 7.81. The number of aryl methyl sites for hydroxylation is 2. The van der Waals surface area contributed by atoms with Gasteiger partial charge < -0.3 is 23.9 Å². The highest BCUT2D eigenvalue weighted by molar-refractivity contribution is 5.99. The fraction of sp³-hybridized carbons (Fsp3) is 0.333. The summed E-state index contributed by atoms with van der Waals surface area (Å²) in [6, 6.07) is 7.92. The highest BCUT2D eigenvalue weighted by Gasteiger charge is 2.42. The van der Waals surface area contributed by atoms with E-state index in [2.05, 4.69) is 0 Å². The Labute approximate surface area is 179 Å². The predicted octanol–water partition coefficient (Wildman–Crippen LogP) is 3.71. The van der Waals surface area contributed by atoms with E-state index in [1.807, 2.05) is 19.9 Å². The van der Waals surface area contributed by atoms with Gasteiger partial charge >= 0.3 is 0 Å². The summed E-state index contributed by atoms with van der Waals surface area (Å²) in [5.74, 6) is -0.00772. The summed E-state index contributed by atoms with van der Waals surface area (Å²) < 4.78 is 16.4. The van der Waals surface area contributed by atoms with Gasteiger partial charge in [0.2, 0.25) is 5.76 Å². The first-order chi connectivity index (χ1) is 14.9. The van der Waals surface area contributed by atoms with Crippen molar-refractivity contribution in [1.29, 1.82) is 0 Å². The van der Waals surface area contributed by atoms with Crippen LogP contribution in [0.2, 0.25) is 0 Å². The van der Waals surface area contributed by atoms with E-state index in [4.69, 9.17) is 13.9 Å². The first kappa shape index (κ1) is 20.9. The number of ether oxygens (including phenoxy) is 2. The maximum absolute atomic E-state index is 13.6. The van der Waals surface area contributed by atoms with Crippen LogP contribution < -0.4 is 10.2 Å². The number of carbonyl (C=O) groups excluding carboxylic acids is 1. The lowest BCUT2D eigenvalue weighted by Crippen LogP contribution is -2.31. The monoisotopic (exact) mass is 423 g/mol. The molecular weight excluding hydrogens is 398 g/mol. The number of hydrogen-bond acceptors (Lipinski definition) is 6. The molecule has 0 spiro atoms. The van der Waals surface area contributed by atoms with Crippen molar-refractivity contribution in [2.45, 2.75) is 26.3 Å². The van der Waals surface area contributed by atoms with E-state index in [1.165, 1.54) is 13.2 Å². The highest BCUT2D eigenvalue weighted by atomic mass is 16.5. The van der Waals surface area contributed by atoms with Crippen molar-refractivity contribution in [3.63, 3.8) is 0 Å². The minimum absolute atomic E-state index is 0.0153. The largest absolute Gasteiger partial charge is 0.504 e. The number of aromatic hydroxyl groups is 1. The van der Waals surface area contributed by atoms with Crippen LogP contribution in [-0.2, 0) is 4.74 Å². The van der Waals surface area contributed by atoms with Crippen molar-refractivity contribution in [3.05, 3.63) is 68.6 Å². The lowest BCUT2D eigenvalue weighted by Gasteiger charge is -2.25. The van der Waals surface area contributed by atoms with Gasteiger partial charge in [-0.15, -0.1) is 0 Å². The highest BCUT2D eigenvalue weighted by Crippen LogP contribution is 2.41. The molecule has 7 heteroatoms. The van der Waals surface area contributed by atoms with Crippen LogP contribution in [0.25, 0.3) is 11.0 Å². The van der Waals surface area contributed by atoms with E-state index in [-0.39, 0.29) is 28.6 Å². The molecule has 1 aliphatic heterocycles. The molecule has 0 saturated carbocycles. The SMILES string of the molecule is COCCCN1C(=O)c2oc3c(C)cc(C)cc3c(=O)c2[C@@H]1c1ccc(O)c(OC)c1. The Morgan fingerprint density at radius 3 is 2.61 bits per heavy atom. The van der Waals surface area contributed by atoms with E-state index >= 15 is 0 Å². The van der Waals surface area contributed by atoms with Crippen LogP contribution in [0.1, 0.15) is 45.3 Å². The summed E-state index contributed by atoms with van der Waals surface area (Å²) in [4.78, 5) is 28.6. The maximum Gasteiger partial charge on any atom is 0.290 e. The molecule has 1 atom stereocenters. The van der Waals surface area contributed by atoms with E-state index in [0.717, 1.165) is 11.1 Å². The number of benzene rings is 2. The molecule has 0 unspecified atom stereocenters. The Kier molecular flexibility index (Phi) is 5.45. The number of nitrogens with zero attached hydrogens (tertiary/aromatic N) is 1. The quantitative estimate of drug-likeness (QED) is 0.608. The van der Waals surface area contributed by atoms with Gasteiger partial charge in [0.1, 0.15) is 5.58 Å². The smallest absolute Gasteiger partial charge is 0.290 e. The van der Waals surface area contributed by atoms with Crippen LogP contribution in [0.3, 0.4) is 0 Å². The molecule has 1 aromatic heterocycles. The first-order valence-corrected chi connectivity index (χ1v) is 10.1. The minimum atomic E-state index is -0.643. The van der Waals surface area contributed by atoms with Gasteiger partial charge in [-0.25, -0.2) is 0 Å². The average molecular weight is 423 g/mol. The third kappa shape index (κ3) is 3.45. The lowest BCUT2D eigenvalue weighted by atomic mass is 9.97. The Morgan fingerprint density at radius 2 is 1.90 bits per heavy atom. The molecule has 0 radical (unpaired) electrons. The Morgan fingerprint density at radius 1 is 1.13 bits per heavy atom. The lowest BCUT2D eigenvalue weighted by molar-refractivity contribution is 0.0707. The number of phenols is 1. The normalized spacial score (nSPS) is 15.5. The fourth-order valence-corrected chi connectivity index (χ4v) is 4.30. The van der Waals surface area contributed by atoms with Crippen molar-refractivity contribution >= 4 is 16.9 Å². The molecule has 162 valence electrons. The second-order valence-corrected chi connectivity index (χ2v) is 7.81. The Hall–Kier alpha value is -3.32. The zero-order valence-corrected chi connectivity index (χ0v) is 18.0. The number of hydrogen-bond donors (Lipinski definition) is 1. The van der Waals surface area contributed by atoms with E-state index in [0.29, 0.717) is 41.7 Å². The third-order valence-electron chi connectivity index (χ3n) is 5.66. The molecule has 0 bridgehead atoms. The Balaban J connectivity index is 1.96. The number of phenolic OH excluding ortho intramolecular Hbond substituents is 1. The van der Waals surface area contributed by atoms with Crippen molar-refractivity contribution in [2.24, 2.45) is 0 Å². The number of carbonyl (C=O) groups is 1. The van der Waals surface area contributed by atoms with Gasteiger partial charge in [0.05, 0.1) is 24.1 Å². The third-order valence-corrected chi connectivity index (χ3v) is 5.66. The molecule has 0 fully saturated rings. The molecule has 2 aromatic carbocycles. The van der Waals surface area contributed by atoms with Crippen molar-refractivity contribution in [2.75, 3.05) is 27.4 Å².